The van der Waals surface area contributed by atoms with E-state index in [1.807, 2.05) is 0 Å². The molecular weight excluding hydrogens is 214 g/mol. The van der Waals surface area contributed by atoms with Crippen molar-refractivity contribution in [2.24, 2.45) is 5.73 Å². The molecule has 0 bridgehead atoms. The van der Waals surface area contributed by atoms with Crippen molar-refractivity contribution in [2.75, 3.05) is 0 Å². The van der Waals surface area contributed by atoms with E-state index in [1.54, 1.807) is 6.92 Å². The third kappa shape index (κ3) is 31.5. The SMILES string of the molecule is CC(N)C[Si](O)(O)O.O[SiH](O)[SiH3]. The lowest BCUT2D eigenvalue weighted by Crippen LogP contribution is -2.40. The van der Waals surface area contributed by atoms with Crippen LogP contribution in [-0.2, 0) is 0 Å². The van der Waals surface area contributed by atoms with Crippen molar-refractivity contribution in [3.05, 3.63) is 0 Å². The minimum absolute atomic E-state index is 0.0903. The largest absolute Gasteiger partial charge is 0.494 e. The minimum Gasteiger partial charge on any atom is -0.416 e. The molecule has 1 atom stereocenters. The molecule has 0 aromatic heterocycles. The normalized spacial score (nSPS) is 14.0. The molecule has 0 spiro atoms. The Labute approximate surface area is 76.7 Å². The molecule has 0 aromatic carbocycles. The van der Waals surface area contributed by atoms with E-state index in [0.29, 0.717) is 9.76 Å². The van der Waals surface area contributed by atoms with Gasteiger partial charge in [0.15, 0.2) is 0 Å². The lowest BCUT2D eigenvalue weighted by Gasteiger charge is -2.10. The maximum atomic E-state index is 8.36. The Morgan fingerprint density at radius 1 is 1.42 bits per heavy atom. The second-order valence-corrected chi connectivity index (χ2v) is 8.91. The molecule has 9 heteroatoms. The molecule has 12 heavy (non-hydrogen) atoms. The second-order valence-electron chi connectivity index (χ2n) is 2.59. The molecule has 0 aliphatic carbocycles. The third-order valence-electron chi connectivity index (χ3n) is 0.596. The van der Waals surface area contributed by atoms with Gasteiger partial charge in [-0.15, -0.1) is 0 Å². The smallest absolute Gasteiger partial charge is 0.416 e. The maximum absolute atomic E-state index is 8.36. The molecule has 0 amide bonds. The van der Waals surface area contributed by atoms with Crippen LogP contribution >= 0.6 is 0 Å². The van der Waals surface area contributed by atoms with Crippen LogP contribution in [0.4, 0.5) is 0 Å². The lowest BCUT2D eigenvalue weighted by molar-refractivity contribution is 0.225. The first-order chi connectivity index (χ1) is 5.15. The first-order valence-electron chi connectivity index (χ1n) is 3.44. The minimum atomic E-state index is -3.85. The Balaban J connectivity index is 0. The zero-order valence-electron chi connectivity index (χ0n) is 7.18. The van der Waals surface area contributed by atoms with Gasteiger partial charge in [0.2, 0.25) is 0 Å². The summed E-state index contributed by atoms with van der Waals surface area (Å²) in [6.07, 6.45) is 0. The molecule has 0 heterocycles. The molecule has 6 nitrogen and oxygen atoms in total. The van der Waals surface area contributed by atoms with Crippen molar-refractivity contribution in [2.45, 2.75) is 19.0 Å². The summed E-state index contributed by atoms with van der Waals surface area (Å²) in [5, 5.41) is 0. The van der Waals surface area contributed by atoms with Gasteiger partial charge in [0, 0.05) is 12.1 Å². The summed E-state index contributed by atoms with van der Waals surface area (Å²) >= 11 is 0. The van der Waals surface area contributed by atoms with Gasteiger partial charge in [-0.05, 0) is 6.92 Å². The molecule has 0 fully saturated rings. The summed E-state index contributed by atoms with van der Waals surface area (Å²) in [4.78, 5) is 40.7. The van der Waals surface area contributed by atoms with Crippen LogP contribution in [-0.4, -0.2) is 57.4 Å². The number of rotatable bonds is 2. The van der Waals surface area contributed by atoms with Crippen molar-refractivity contribution < 1.29 is 24.0 Å². The Hall–Kier alpha value is 0.411. The quantitative estimate of drug-likeness (QED) is 0.265. The van der Waals surface area contributed by atoms with Gasteiger partial charge in [0.1, 0.15) is 0 Å². The van der Waals surface area contributed by atoms with Crippen LogP contribution in [0, 0.1) is 0 Å². The Bertz CT molecular complexity index is 102. The predicted molar refractivity (Wildman–Crippen MR) is 52.4 cm³/mol. The van der Waals surface area contributed by atoms with E-state index in [9.17, 15) is 0 Å². The molecule has 0 aliphatic rings. The van der Waals surface area contributed by atoms with Gasteiger partial charge < -0.3 is 29.7 Å². The monoisotopic (exact) mass is 231 g/mol. The number of hydrogen-bond acceptors (Lipinski definition) is 6. The van der Waals surface area contributed by atoms with E-state index in [2.05, 4.69) is 0 Å². The van der Waals surface area contributed by atoms with Gasteiger partial charge in [0.05, 0.1) is 9.76 Å². The Kier molecular flexibility index (Phi) is 8.54. The van der Waals surface area contributed by atoms with Crippen LogP contribution in [0.5, 0.6) is 0 Å². The molecule has 7 N–H and O–H groups in total. The van der Waals surface area contributed by atoms with E-state index in [1.165, 1.54) is 0 Å². The van der Waals surface area contributed by atoms with Crippen molar-refractivity contribution in [1.29, 1.82) is 0 Å². The van der Waals surface area contributed by atoms with E-state index >= 15 is 0 Å². The van der Waals surface area contributed by atoms with Crippen LogP contribution in [0.2, 0.25) is 6.04 Å². The standard InChI is InChI=1S/C3H11NO3Si.H6O2Si2/c1-3(4)2-8(5,6)7;1-4(2)3/h3,5-7H,2,4H2,1H3;1-2,4H,3H3. The van der Waals surface area contributed by atoms with E-state index in [4.69, 9.17) is 29.7 Å². The van der Waals surface area contributed by atoms with Gasteiger partial charge >= 0.3 is 8.80 Å². The summed E-state index contributed by atoms with van der Waals surface area (Å²) in [5.41, 5.74) is 5.13. The first-order valence-corrected chi connectivity index (χ1v) is 11.1. The molecular formula is C3H17NO5Si3. The van der Waals surface area contributed by atoms with E-state index < -0.39 is 17.6 Å². The molecule has 76 valence electrons. The average Bonchev–Trinajstić information content (AvgIpc) is 1.52. The molecule has 1 unspecified atom stereocenters. The second kappa shape index (κ2) is 6.88. The molecule has 0 radical (unpaired) electrons. The highest BCUT2D eigenvalue weighted by molar-refractivity contribution is 6.93. The van der Waals surface area contributed by atoms with Crippen molar-refractivity contribution in [3.63, 3.8) is 0 Å². The van der Waals surface area contributed by atoms with Crippen molar-refractivity contribution >= 4 is 27.4 Å². The van der Waals surface area contributed by atoms with Crippen molar-refractivity contribution in [1.82, 2.24) is 0 Å². The summed E-state index contributed by atoms with van der Waals surface area (Å²) in [6.45, 7) is 1.60. The van der Waals surface area contributed by atoms with Gasteiger partial charge in [0.25, 0.3) is 8.80 Å². The van der Waals surface area contributed by atoms with Crippen LogP contribution in [0.1, 0.15) is 6.92 Å². The van der Waals surface area contributed by atoms with Gasteiger partial charge in [-0.25, -0.2) is 0 Å². The highest BCUT2D eigenvalue weighted by Crippen LogP contribution is 1.97. The molecule has 0 rings (SSSR count). The maximum Gasteiger partial charge on any atom is 0.494 e. The molecule has 0 saturated carbocycles. The van der Waals surface area contributed by atoms with Gasteiger partial charge in [-0.3, -0.25) is 0 Å². The average molecular weight is 231 g/mol. The fraction of sp³-hybridized carbons (Fsp3) is 1.00. The molecule has 0 aromatic rings. The number of hydrogen-bond donors (Lipinski definition) is 6. The van der Waals surface area contributed by atoms with Gasteiger partial charge in [-0.1, -0.05) is 0 Å². The van der Waals surface area contributed by atoms with Crippen LogP contribution in [0.25, 0.3) is 0 Å². The summed E-state index contributed by atoms with van der Waals surface area (Å²) in [7, 11) is -5.25. The first kappa shape index (κ1) is 14.9. The molecule has 0 aliphatic heterocycles. The fourth-order valence-electron chi connectivity index (χ4n) is 0.432. The highest BCUT2D eigenvalue weighted by Gasteiger charge is 2.27. The number of nitrogens with two attached hydrogens (primary N) is 1. The topological polar surface area (TPSA) is 127 Å². The zero-order valence-corrected chi connectivity index (χ0v) is 11.3. The van der Waals surface area contributed by atoms with Crippen molar-refractivity contribution in [3.8, 4) is 0 Å². The summed E-state index contributed by atoms with van der Waals surface area (Å²) in [6, 6.07) is -0.436. The lowest BCUT2D eigenvalue weighted by atomic mass is 10.4. The summed E-state index contributed by atoms with van der Waals surface area (Å²) in [5.74, 6) is 0. The summed E-state index contributed by atoms with van der Waals surface area (Å²) < 4.78 is 0. The van der Waals surface area contributed by atoms with Gasteiger partial charge in [-0.2, -0.15) is 0 Å². The Morgan fingerprint density at radius 3 is 1.67 bits per heavy atom. The van der Waals surface area contributed by atoms with Crippen LogP contribution in [0.3, 0.4) is 0 Å². The molecule has 0 saturated heterocycles. The predicted octanol–water partition coefficient (Wildman–Crippen LogP) is -4.70. The zero-order chi connectivity index (χ0) is 10.4. The third-order valence-corrected chi connectivity index (χ3v) is 1.79. The van der Waals surface area contributed by atoms with Crippen LogP contribution in [0.15, 0.2) is 0 Å². The van der Waals surface area contributed by atoms with E-state index in [-0.39, 0.29) is 12.1 Å². The van der Waals surface area contributed by atoms with Crippen LogP contribution < -0.4 is 5.73 Å². The Morgan fingerprint density at radius 2 is 1.67 bits per heavy atom. The van der Waals surface area contributed by atoms with E-state index in [0.717, 1.165) is 0 Å². The fourth-order valence-corrected chi connectivity index (χ4v) is 1.30. The highest BCUT2D eigenvalue weighted by atomic mass is 29.2.